The second-order valence-corrected chi connectivity index (χ2v) is 3.48. The quantitative estimate of drug-likeness (QED) is 0.378. The lowest BCUT2D eigenvalue weighted by Crippen LogP contribution is -2.09. The van der Waals surface area contributed by atoms with Crippen molar-refractivity contribution >= 4 is 24.5 Å². The topological polar surface area (TPSA) is 78.7 Å². The van der Waals surface area contributed by atoms with Crippen LogP contribution in [-0.2, 0) is 16.1 Å². The highest BCUT2D eigenvalue weighted by Crippen LogP contribution is 2.12. The SMILES string of the molecule is O=C(OCCS)OCc1ccc([N+](=O)[O-])cc1. The van der Waals surface area contributed by atoms with Crippen LogP contribution in [0.1, 0.15) is 5.56 Å². The van der Waals surface area contributed by atoms with E-state index < -0.39 is 11.1 Å². The van der Waals surface area contributed by atoms with Crippen molar-refractivity contribution in [2.75, 3.05) is 12.4 Å². The van der Waals surface area contributed by atoms with Crippen molar-refractivity contribution in [3.8, 4) is 0 Å². The Hall–Kier alpha value is -1.76. The fourth-order valence-electron chi connectivity index (χ4n) is 1.03. The van der Waals surface area contributed by atoms with Gasteiger partial charge in [0.25, 0.3) is 5.69 Å². The van der Waals surface area contributed by atoms with E-state index in [1.165, 1.54) is 24.3 Å². The van der Waals surface area contributed by atoms with Crippen LogP contribution in [0, 0.1) is 10.1 Å². The van der Waals surface area contributed by atoms with E-state index >= 15 is 0 Å². The van der Waals surface area contributed by atoms with Crippen LogP contribution in [0.5, 0.6) is 0 Å². The number of rotatable bonds is 5. The molecule has 1 aromatic carbocycles. The average Bonchev–Trinajstić information content (AvgIpc) is 2.34. The van der Waals surface area contributed by atoms with Crippen LogP contribution < -0.4 is 0 Å². The second-order valence-electron chi connectivity index (χ2n) is 3.03. The average molecular weight is 257 g/mol. The number of ether oxygens (including phenoxy) is 2. The number of nitro groups is 1. The summed E-state index contributed by atoms with van der Waals surface area (Å²) in [6, 6.07) is 5.73. The van der Waals surface area contributed by atoms with Crippen LogP contribution in [0.4, 0.5) is 10.5 Å². The van der Waals surface area contributed by atoms with Gasteiger partial charge < -0.3 is 9.47 Å². The van der Waals surface area contributed by atoms with Crippen LogP contribution in [0.15, 0.2) is 24.3 Å². The Morgan fingerprint density at radius 1 is 1.29 bits per heavy atom. The standard InChI is InChI=1S/C10H11NO5S/c12-10(15-5-6-17)16-7-8-1-3-9(4-2-8)11(13)14/h1-4,17H,5-7H2. The third kappa shape index (κ3) is 4.73. The Balaban J connectivity index is 2.42. The molecule has 6 nitrogen and oxygen atoms in total. The van der Waals surface area contributed by atoms with Crippen molar-refractivity contribution in [1.82, 2.24) is 0 Å². The summed E-state index contributed by atoms with van der Waals surface area (Å²) in [5.74, 6) is 0.423. The smallest absolute Gasteiger partial charge is 0.433 e. The van der Waals surface area contributed by atoms with Gasteiger partial charge >= 0.3 is 6.16 Å². The molecule has 7 heteroatoms. The van der Waals surface area contributed by atoms with Crippen molar-refractivity contribution in [3.05, 3.63) is 39.9 Å². The van der Waals surface area contributed by atoms with Gasteiger partial charge in [-0.05, 0) is 17.7 Å². The maximum Gasteiger partial charge on any atom is 0.508 e. The van der Waals surface area contributed by atoms with Crippen molar-refractivity contribution in [1.29, 1.82) is 0 Å². The number of nitro benzene ring substituents is 1. The van der Waals surface area contributed by atoms with Gasteiger partial charge in [-0.1, -0.05) is 0 Å². The third-order valence-corrected chi connectivity index (χ3v) is 2.00. The van der Waals surface area contributed by atoms with E-state index in [-0.39, 0.29) is 18.9 Å². The second kappa shape index (κ2) is 6.74. The predicted molar refractivity (Wildman–Crippen MR) is 63.1 cm³/mol. The first-order valence-electron chi connectivity index (χ1n) is 4.77. The minimum Gasteiger partial charge on any atom is -0.433 e. The molecule has 0 fully saturated rings. The summed E-state index contributed by atoms with van der Waals surface area (Å²) in [6.07, 6.45) is -0.780. The van der Waals surface area contributed by atoms with Crippen LogP contribution in [0.3, 0.4) is 0 Å². The molecule has 17 heavy (non-hydrogen) atoms. The van der Waals surface area contributed by atoms with Crippen molar-refractivity contribution in [2.24, 2.45) is 0 Å². The zero-order valence-electron chi connectivity index (χ0n) is 8.87. The number of benzene rings is 1. The van der Waals surface area contributed by atoms with Crippen LogP contribution in [0.2, 0.25) is 0 Å². The molecule has 92 valence electrons. The molecule has 0 atom stereocenters. The summed E-state index contributed by atoms with van der Waals surface area (Å²) in [4.78, 5) is 20.9. The monoisotopic (exact) mass is 257 g/mol. The van der Waals surface area contributed by atoms with Gasteiger partial charge in [-0.15, -0.1) is 0 Å². The summed E-state index contributed by atoms with van der Waals surface area (Å²) in [5, 5.41) is 10.4. The molecule has 0 saturated carbocycles. The van der Waals surface area contributed by atoms with Crippen molar-refractivity contribution < 1.29 is 19.2 Å². The van der Waals surface area contributed by atoms with E-state index in [0.29, 0.717) is 11.3 Å². The van der Waals surface area contributed by atoms with E-state index in [9.17, 15) is 14.9 Å². The summed E-state index contributed by atoms with van der Waals surface area (Å²) in [7, 11) is 0. The van der Waals surface area contributed by atoms with E-state index in [0.717, 1.165) is 0 Å². The molecular weight excluding hydrogens is 246 g/mol. The first-order chi connectivity index (χ1) is 8.13. The van der Waals surface area contributed by atoms with Gasteiger partial charge in [-0.3, -0.25) is 10.1 Å². The lowest BCUT2D eigenvalue weighted by atomic mass is 10.2. The maximum atomic E-state index is 11.0. The number of hydrogen-bond donors (Lipinski definition) is 1. The van der Waals surface area contributed by atoms with Gasteiger partial charge in [-0.2, -0.15) is 12.6 Å². The lowest BCUT2D eigenvalue weighted by Gasteiger charge is -2.04. The zero-order chi connectivity index (χ0) is 12.7. The van der Waals surface area contributed by atoms with E-state index in [1.54, 1.807) is 0 Å². The predicted octanol–water partition coefficient (Wildman–Crippen LogP) is 2.18. The van der Waals surface area contributed by atoms with E-state index in [4.69, 9.17) is 4.74 Å². The maximum absolute atomic E-state index is 11.0. The van der Waals surface area contributed by atoms with E-state index in [1.807, 2.05) is 0 Å². The summed E-state index contributed by atoms with van der Waals surface area (Å²) >= 11 is 3.87. The molecule has 0 bridgehead atoms. The van der Waals surface area contributed by atoms with Crippen LogP contribution in [0.25, 0.3) is 0 Å². The number of thiol groups is 1. The van der Waals surface area contributed by atoms with Gasteiger partial charge in [0, 0.05) is 17.9 Å². The number of non-ortho nitro benzene ring substituents is 1. The Kier molecular flexibility index (Phi) is 5.28. The molecule has 1 rings (SSSR count). The molecule has 0 aliphatic carbocycles. The molecule has 0 amide bonds. The van der Waals surface area contributed by atoms with Gasteiger partial charge in [0.1, 0.15) is 13.2 Å². The Bertz CT molecular complexity index is 392. The number of carbonyl (C=O) groups is 1. The molecular formula is C10H11NO5S. The number of nitrogens with zero attached hydrogens (tertiary/aromatic N) is 1. The fraction of sp³-hybridized carbons (Fsp3) is 0.300. The minimum absolute atomic E-state index is 0.00796. The van der Waals surface area contributed by atoms with Gasteiger partial charge in [-0.25, -0.2) is 4.79 Å². The first-order valence-corrected chi connectivity index (χ1v) is 5.40. The molecule has 0 heterocycles. The molecule has 0 aliphatic heterocycles. The Morgan fingerprint density at radius 3 is 2.47 bits per heavy atom. The Morgan fingerprint density at radius 2 is 1.94 bits per heavy atom. The lowest BCUT2D eigenvalue weighted by molar-refractivity contribution is -0.384. The highest BCUT2D eigenvalue weighted by molar-refractivity contribution is 7.80. The van der Waals surface area contributed by atoms with Gasteiger partial charge in [0.2, 0.25) is 0 Å². The minimum atomic E-state index is -0.780. The largest absolute Gasteiger partial charge is 0.508 e. The van der Waals surface area contributed by atoms with Crippen molar-refractivity contribution in [3.63, 3.8) is 0 Å². The number of hydrogen-bond acceptors (Lipinski definition) is 6. The highest BCUT2D eigenvalue weighted by Gasteiger charge is 2.06. The normalized spacial score (nSPS) is 9.71. The number of carbonyl (C=O) groups excluding carboxylic acids is 1. The van der Waals surface area contributed by atoms with Crippen LogP contribution in [-0.4, -0.2) is 23.4 Å². The molecule has 0 unspecified atom stereocenters. The third-order valence-electron chi connectivity index (χ3n) is 1.82. The molecule has 0 aliphatic rings. The first kappa shape index (κ1) is 13.3. The van der Waals surface area contributed by atoms with Crippen molar-refractivity contribution in [2.45, 2.75) is 6.61 Å². The zero-order valence-corrected chi connectivity index (χ0v) is 9.76. The van der Waals surface area contributed by atoms with E-state index in [2.05, 4.69) is 17.4 Å². The molecule has 1 aromatic rings. The molecule has 0 radical (unpaired) electrons. The van der Waals surface area contributed by atoms with Crippen LogP contribution >= 0.6 is 12.6 Å². The molecule has 0 spiro atoms. The van der Waals surface area contributed by atoms with Gasteiger partial charge in [0.15, 0.2) is 0 Å². The summed E-state index contributed by atoms with van der Waals surface area (Å²) < 4.78 is 9.39. The Labute approximate surface area is 103 Å². The summed E-state index contributed by atoms with van der Waals surface area (Å²) in [6.45, 7) is 0.200. The van der Waals surface area contributed by atoms with Gasteiger partial charge in [0.05, 0.1) is 4.92 Å². The summed E-state index contributed by atoms with van der Waals surface area (Å²) in [5.41, 5.74) is 0.643. The molecule has 0 aromatic heterocycles. The fourth-order valence-corrected chi connectivity index (χ4v) is 1.12. The molecule has 0 N–H and O–H groups in total. The molecule has 0 saturated heterocycles. The highest BCUT2D eigenvalue weighted by atomic mass is 32.1.